The summed E-state index contributed by atoms with van der Waals surface area (Å²) in [6.07, 6.45) is 0. The zero-order valence-electron chi connectivity index (χ0n) is 24.9. The molecule has 3 aromatic rings. The SMILES string of the molecule is COc1ccc(C(=O)c2cc([N+](=O)[O-])ccc2N=Nc2ccc(N(CCOC(C)=O)CCOC(C)=O)cc2NC(C)=O)c(O)c1. The summed E-state index contributed by atoms with van der Waals surface area (Å²) < 4.78 is 15.1. The molecule has 0 bridgehead atoms. The van der Waals surface area contributed by atoms with Gasteiger partial charge in [-0.3, -0.25) is 29.3 Å². The first-order chi connectivity index (χ1) is 21.4. The highest BCUT2D eigenvalue weighted by atomic mass is 16.6. The molecule has 236 valence electrons. The van der Waals surface area contributed by atoms with E-state index < -0.39 is 34.3 Å². The van der Waals surface area contributed by atoms with Crippen LogP contribution in [0.25, 0.3) is 0 Å². The zero-order valence-corrected chi connectivity index (χ0v) is 24.9. The lowest BCUT2D eigenvalue weighted by Crippen LogP contribution is -2.32. The third-order valence-corrected chi connectivity index (χ3v) is 6.14. The first-order valence-electron chi connectivity index (χ1n) is 13.4. The number of methoxy groups -OCH3 is 1. The van der Waals surface area contributed by atoms with Crippen LogP contribution in [0, 0.1) is 10.1 Å². The summed E-state index contributed by atoms with van der Waals surface area (Å²) in [5.41, 5.74) is 0.221. The van der Waals surface area contributed by atoms with Crippen LogP contribution in [-0.2, 0) is 23.9 Å². The van der Waals surface area contributed by atoms with Gasteiger partial charge in [-0.05, 0) is 36.4 Å². The monoisotopic (exact) mass is 621 g/mol. The molecule has 3 rings (SSSR count). The van der Waals surface area contributed by atoms with Crippen molar-refractivity contribution in [2.45, 2.75) is 20.8 Å². The van der Waals surface area contributed by atoms with E-state index >= 15 is 0 Å². The Morgan fingerprint density at radius 1 is 0.867 bits per heavy atom. The smallest absolute Gasteiger partial charge is 0.302 e. The van der Waals surface area contributed by atoms with Gasteiger partial charge in [-0.1, -0.05) is 0 Å². The lowest BCUT2D eigenvalue weighted by Gasteiger charge is -2.25. The Bertz CT molecular complexity index is 1620. The number of esters is 2. The Balaban J connectivity index is 2.02. The molecular weight excluding hydrogens is 590 g/mol. The number of hydrogen-bond donors (Lipinski definition) is 2. The molecule has 0 saturated carbocycles. The van der Waals surface area contributed by atoms with Gasteiger partial charge in [0, 0.05) is 44.7 Å². The number of ether oxygens (including phenoxy) is 3. The molecule has 0 aliphatic carbocycles. The summed E-state index contributed by atoms with van der Waals surface area (Å²) in [6, 6.07) is 12.2. The maximum Gasteiger partial charge on any atom is 0.302 e. The van der Waals surface area contributed by atoms with E-state index in [9.17, 15) is 34.4 Å². The highest BCUT2D eigenvalue weighted by molar-refractivity contribution is 6.13. The number of nitro benzene ring substituents is 1. The molecule has 2 N–H and O–H groups in total. The van der Waals surface area contributed by atoms with Crippen LogP contribution in [0.2, 0.25) is 0 Å². The summed E-state index contributed by atoms with van der Waals surface area (Å²) in [7, 11) is 1.39. The van der Waals surface area contributed by atoms with E-state index in [-0.39, 0.29) is 60.2 Å². The topological polar surface area (TPSA) is 199 Å². The number of nitro groups is 1. The van der Waals surface area contributed by atoms with Crippen LogP contribution in [0.4, 0.5) is 28.4 Å². The van der Waals surface area contributed by atoms with Gasteiger partial charge in [-0.2, -0.15) is 0 Å². The molecule has 0 atom stereocenters. The van der Waals surface area contributed by atoms with Gasteiger partial charge in [0.2, 0.25) is 5.91 Å². The Hall–Kier alpha value is -5.86. The van der Waals surface area contributed by atoms with Crippen molar-refractivity contribution < 1.29 is 43.4 Å². The maximum absolute atomic E-state index is 13.4. The van der Waals surface area contributed by atoms with Gasteiger partial charge in [0.05, 0.1) is 47.6 Å². The molecule has 0 aromatic heterocycles. The predicted octanol–water partition coefficient (Wildman–Crippen LogP) is 4.85. The number of anilines is 2. The molecule has 3 aromatic carbocycles. The van der Waals surface area contributed by atoms with Crippen molar-refractivity contribution in [3.8, 4) is 11.5 Å². The third kappa shape index (κ3) is 9.57. The van der Waals surface area contributed by atoms with Crippen LogP contribution in [0.3, 0.4) is 0 Å². The Morgan fingerprint density at radius 3 is 2.04 bits per heavy atom. The second-order valence-corrected chi connectivity index (χ2v) is 9.42. The number of hydrogen-bond acceptors (Lipinski definition) is 13. The summed E-state index contributed by atoms with van der Waals surface area (Å²) in [4.78, 5) is 60.5. The van der Waals surface area contributed by atoms with Gasteiger partial charge < -0.3 is 29.5 Å². The molecule has 0 fully saturated rings. The minimum Gasteiger partial charge on any atom is -0.507 e. The molecule has 1 amide bonds. The summed E-state index contributed by atoms with van der Waals surface area (Å²) in [6.45, 7) is 4.44. The lowest BCUT2D eigenvalue weighted by molar-refractivity contribution is -0.384. The van der Waals surface area contributed by atoms with E-state index in [1.165, 1.54) is 58.2 Å². The number of amides is 1. The number of phenols is 1. The molecule has 0 saturated heterocycles. The van der Waals surface area contributed by atoms with Crippen molar-refractivity contribution in [1.29, 1.82) is 0 Å². The second-order valence-electron chi connectivity index (χ2n) is 9.42. The number of non-ortho nitro benzene ring substituents is 1. The number of benzene rings is 3. The van der Waals surface area contributed by atoms with Crippen molar-refractivity contribution in [1.82, 2.24) is 0 Å². The molecule has 0 unspecified atom stereocenters. The van der Waals surface area contributed by atoms with Crippen LogP contribution in [-0.4, -0.2) is 67.1 Å². The quantitative estimate of drug-likeness (QED) is 0.0820. The van der Waals surface area contributed by atoms with E-state index in [0.717, 1.165) is 12.1 Å². The predicted molar refractivity (Wildman–Crippen MR) is 162 cm³/mol. The third-order valence-electron chi connectivity index (χ3n) is 6.14. The molecule has 0 spiro atoms. The van der Waals surface area contributed by atoms with E-state index in [1.807, 2.05) is 0 Å². The number of nitrogens with zero attached hydrogens (tertiary/aromatic N) is 4. The molecule has 0 heterocycles. The van der Waals surface area contributed by atoms with Crippen LogP contribution >= 0.6 is 0 Å². The van der Waals surface area contributed by atoms with Crippen molar-refractivity contribution in [3.05, 3.63) is 75.8 Å². The zero-order chi connectivity index (χ0) is 33.1. The number of carbonyl (C=O) groups excluding carboxylic acids is 4. The van der Waals surface area contributed by atoms with Crippen molar-refractivity contribution in [3.63, 3.8) is 0 Å². The fourth-order valence-corrected chi connectivity index (χ4v) is 4.06. The van der Waals surface area contributed by atoms with Crippen LogP contribution in [0.5, 0.6) is 11.5 Å². The number of phenolic OH excluding ortho intramolecular Hbond substituents is 1. The van der Waals surface area contributed by atoms with Gasteiger partial charge in [-0.15, -0.1) is 10.2 Å². The normalized spacial score (nSPS) is 10.7. The first kappa shape index (κ1) is 33.6. The molecule has 45 heavy (non-hydrogen) atoms. The van der Waals surface area contributed by atoms with Gasteiger partial charge in [0.1, 0.15) is 30.4 Å². The number of rotatable bonds is 14. The van der Waals surface area contributed by atoms with E-state index in [0.29, 0.717) is 11.4 Å². The van der Waals surface area contributed by atoms with Gasteiger partial charge in [0.25, 0.3) is 5.69 Å². The van der Waals surface area contributed by atoms with Gasteiger partial charge >= 0.3 is 11.9 Å². The molecule has 0 aliphatic rings. The molecule has 15 nitrogen and oxygen atoms in total. The van der Waals surface area contributed by atoms with E-state index in [2.05, 4.69) is 15.5 Å². The standard InChI is InChI=1S/C30H31N5O10/c1-18(36)31-28-16-21(34(11-13-44-19(2)37)12-14-45-20(3)38)5-10-27(28)33-32-26-9-6-22(35(41)42)15-25(26)30(40)24-8-7-23(43-4)17-29(24)39/h5-10,15-17,39H,11-14H2,1-4H3,(H,31,36). The van der Waals surface area contributed by atoms with Gasteiger partial charge in [0.15, 0.2) is 5.78 Å². The lowest BCUT2D eigenvalue weighted by atomic mass is 10.00. The highest BCUT2D eigenvalue weighted by Gasteiger charge is 2.22. The number of ketones is 1. The van der Waals surface area contributed by atoms with E-state index in [4.69, 9.17) is 14.2 Å². The number of azo groups is 1. The fourth-order valence-electron chi connectivity index (χ4n) is 4.06. The highest BCUT2D eigenvalue weighted by Crippen LogP contribution is 2.35. The average Bonchev–Trinajstić information content (AvgIpc) is 2.98. The minimum absolute atomic E-state index is 0.0388. The second kappa shape index (κ2) is 15.6. The molecular formula is C30H31N5O10. The number of carbonyl (C=O) groups is 4. The Morgan fingerprint density at radius 2 is 1.49 bits per heavy atom. The van der Waals surface area contributed by atoms with Crippen LogP contribution < -0.4 is 15.0 Å². The molecule has 15 heteroatoms. The largest absolute Gasteiger partial charge is 0.507 e. The summed E-state index contributed by atoms with van der Waals surface area (Å²) in [5.74, 6) is -2.19. The summed E-state index contributed by atoms with van der Waals surface area (Å²) in [5, 5.41) is 32.9. The number of nitrogens with one attached hydrogen (secondary N) is 1. The molecule has 0 radical (unpaired) electrons. The maximum atomic E-state index is 13.4. The van der Waals surface area contributed by atoms with Crippen molar-refractivity contribution in [2.75, 3.05) is 43.6 Å². The minimum atomic E-state index is -0.749. The fraction of sp³-hybridized carbons (Fsp3) is 0.267. The van der Waals surface area contributed by atoms with E-state index in [1.54, 1.807) is 17.0 Å². The summed E-state index contributed by atoms with van der Waals surface area (Å²) >= 11 is 0. The average molecular weight is 622 g/mol. The van der Waals surface area contributed by atoms with Crippen molar-refractivity contribution >= 4 is 52.1 Å². The van der Waals surface area contributed by atoms with Gasteiger partial charge in [-0.25, -0.2) is 0 Å². The first-order valence-corrected chi connectivity index (χ1v) is 13.4. The van der Waals surface area contributed by atoms with Crippen LogP contribution in [0.15, 0.2) is 64.8 Å². The van der Waals surface area contributed by atoms with Crippen molar-refractivity contribution in [2.24, 2.45) is 10.2 Å². The Kier molecular flexibility index (Phi) is 11.6. The Labute approximate surface area is 257 Å². The number of aromatic hydroxyl groups is 1. The molecule has 0 aliphatic heterocycles. The van der Waals surface area contributed by atoms with Crippen LogP contribution in [0.1, 0.15) is 36.7 Å².